The topological polar surface area (TPSA) is 58.9 Å². The van der Waals surface area contributed by atoms with Crippen LogP contribution in [0.3, 0.4) is 0 Å². The van der Waals surface area contributed by atoms with Crippen molar-refractivity contribution >= 4 is 12.6 Å². The molecule has 2 aromatic rings. The molecule has 110 valence electrons. The summed E-state index contributed by atoms with van der Waals surface area (Å²) in [5.74, 6) is -1.18. The highest BCUT2D eigenvalue weighted by Crippen LogP contribution is 2.20. The fourth-order valence-electron chi connectivity index (χ4n) is 1.82. The van der Waals surface area contributed by atoms with Crippen molar-refractivity contribution in [2.75, 3.05) is 7.11 Å². The third kappa shape index (κ3) is 3.71. The molecule has 0 heterocycles. The Kier molecular flexibility index (Phi) is 4.77. The van der Waals surface area contributed by atoms with Gasteiger partial charge in [0.05, 0.1) is 7.11 Å². The molecule has 2 aromatic carbocycles. The first-order chi connectivity index (χ1) is 10.0. The molecule has 0 saturated heterocycles. The lowest BCUT2D eigenvalue weighted by molar-refractivity contribution is 0.288. The van der Waals surface area contributed by atoms with Gasteiger partial charge in [-0.15, -0.1) is 0 Å². The Morgan fingerprint density at radius 3 is 2.48 bits per heavy atom. The molecule has 0 bridgehead atoms. The lowest BCUT2D eigenvalue weighted by atomic mass is 9.79. The van der Waals surface area contributed by atoms with Crippen LogP contribution < -0.4 is 14.9 Å². The lowest BCUT2D eigenvalue weighted by Gasteiger charge is -2.11. The van der Waals surface area contributed by atoms with Gasteiger partial charge in [-0.1, -0.05) is 12.1 Å². The van der Waals surface area contributed by atoms with Gasteiger partial charge in [0.15, 0.2) is 11.6 Å². The van der Waals surface area contributed by atoms with Crippen LogP contribution >= 0.6 is 0 Å². The maximum atomic E-state index is 13.4. The molecule has 0 aliphatic rings. The van der Waals surface area contributed by atoms with Gasteiger partial charge in [-0.3, -0.25) is 0 Å². The SMILES string of the molecule is COc1ccc(COc2cc(F)ccc2F)cc1B(O)O. The zero-order valence-corrected chi connectivity index (χ0v) is 11.2. The molecular formula is C14H13BF2O4. The molecule has 0 radical (unpaired) electrons. The minimum atomic E-state index is -1.70. The fraction of sp³-hybridized carbons (Fsp3) is 0.143. The maximum absolute atomic E-state index is 13.4. The molecule has 2 N–H and O–H groups in total. The van der Waals surface area contributed by atoms with Crippen molar-refractivity contribution in [2.45, 2.75) is 6.61 Å². The van der Waals surface area contributed by atoms with Crippen molar-refractivity contribution in [3.63, 3.8) is 0 Å². The Bertz CT molecular complexity index is 634. The predicted octanol–water partition coefficient (Wildman–Crippen LogP) is 1.23. The largest absolute Gasteiger partial charge is 0.497 e. The van der Waals surface area contributed by atoms with E-state index in [1.165, 1.54) is 19.2 Å². The molecule has 7 heteroatoms. The first kappa shape index (κ1) is 15.3. The van der Waals surface area contributed by atoms with Crippen LogP contribution in [-0.2, 0) is 6.61 Å². The van der Waals surface area contributed by atoms with Gasteiger partial charge in [0, 0.05) is 11.5 Å². The standard InChI is InChI=1S/C14H13BF2O4/c1-20-13-5-2-9(6-11(13)15(18)19)8-21-14-7-10(16)3-4-12(14)17/h2-7,18-19H,8H2,1H3. The van der Waals surface area contributed by atoms with Gasteiger partial charge in [0.25, 0.3) is 0 Å². The molecule has 0 saturated carbocycles. The van der Waals surface area contributed by atoms with Gasteiger partial charge < -0.3 is 19.5 Å². The van der Waals surface area contributed by atoms with Crippen molar-refractivity contribution in [3.8, 4) is 11.5 Å². The van der Waals surface area contributed by atoms with Crippen LogP contribution in [0.4, 0.5) is 8.78 Å². The second-order valence-corrected chi connectivity index (χ2v) is 4.31. The van der Waals surface area contributed by atoms with Gasteiger partial charge in [0.2, 0.25) is 0 Å². The molecule has 0 unspecified atom stereocenters. The molecule has 0 aliphatic carbocycles. The Morgan fingerprint density at radius 1 is 1.05 bits per heavy atom. The molecule has 0 spiro atoms. The van der Waals surface area contributed by atoms with Crippen molar-refractivity contribution < 1.29 is 28.3 Å². The molecule has 2 rings (SSSR count). The van der Waals surface area contributed by atoms with Gasteiger partial charge >= 0.3 is 7.12 Å². The molecule has 0 fully saturated rings. The predicted molar refractivity (Wildman–Crippen MR) is 73.5 cm³/mol. The van der Waals surface area contributed by atoms with E-state index in [-0.39, 0.29) is 17.8 Å². The molecule has 21 heavy (non-hydrogen) atoms. The number of hydrogen-bond acceptors (Lipinski definition) is 4. The average Bonchev–Trinajstić information content (AvgIpc) is 2.47. The Labute approximate surface area is 120 Å². The molecule has 0 amide bonds. The average molecular weight is 294 g/mol. The van der Waals surface area contributed by atoms with E-state index >= 15 is 0 Å². The molecule has 4 nitrogen and oxygen atoms in total. The number of methoxy groups -OCH3 is 1. The quantitative estimate of drug-likeness (QED) is 0.814. The van der Waals surface area contributed by atoms with E-state index in [9.17, 15) is 18.8 Å². The third-order valence-corrected chi connectivity index (χ3v) is 2.86. The highest BCUT2D eigenvalue weighted by Gasteiger charge is 2.17. The van der Waals surface area contributed by atoms with E-state index in [1.807, 2.05) is 0 Å². The zero-order valence-electron chi connectivity index (χ0n) is 11.2. The van der Waals surface area contributed by atoms with Crippen LogP contribution in [0, 0.1) is 11.6 Å². The van der Waals surface area contributed by atoms with Crippen molar-refractivity contribution in [2.24, 2.45) is 0 Å². The van der Waals surface area contributed by atoms with Gasteiger partial charge in [-0.2, -0.15) is 0 Å². The van der Waals surface area contributed by atoms with Crippen molar-refractivity contribution in [3.05, 3.63) is 53.6 Å². The minimum absolute atomic E-state index is 0.0515. The lowest BCUT2D eigenvalue weighted by Crippen LogP contribution is -2.31. The van der Waals surface area contributed by atoms with E-state index in [0.29, 0.717) is 11.3 Å². The number of benzene rings is 2. The molecule has 0 atom stereocenters. The number of rotatable bonds is 5. The van der Waals surface area contributed by atoms with E-state index in [4.69, 9.17) is 9.47 Å². The third-order valence-electron chi connectivity index (χ3n) is 2.86. The van der Waals surface area contributed by atoms with Crippen LogP contribution in [0.5, 0.6) is 11.5 Å². The normalized spacial score (nSPS) is 10.3. The molecule has 0 aromatic heterocycles. The summed E-state index contributed by atoms with van der Waals surface area (Å²) in [7, 11) is -0.301. The van der Waals surface area contributed by atoms with Crippen molar-refractivity contribution in [1.82, 2.24) is 0 Å². The summed E-state index contributed by atoms with van der Waals surface area (Å²) in [5.41, 5.74) is 0.723. The van der Waals surface area contributed by atoms with Gasteiger partial charge in [-0.25, -0.2) is 8.78 Å². The Hall–Kier alpha value is -2.12. The summed E-state index contributed by atoms with van der Waals surface area (Å²) >= 11 is 0. The summed E-state index contributed by atoms with van der Waals surface area (Å²) < 4.78 is 36.6. The first-order valence-corrected chi connectivity index (χ1v) is 6.12. The van der Waals surface area contributed by atoms with E-state index in [0.717, 1.165) is 18.2 Å². The molecular weight excluding hydrogens is 281 g/mol. The minimum Gasteiger partial charge on any atom is -0.497 e. The summed E-state index contributed by atoms with van der Waals surface area (Å²) in [6.07, 6.45) is 0. The van der Waals surface area contributed by atoms with Crippen LogP contribution in [-0.4, -0.2) is 24.3 Å². The zero-order chi connectivity index (χ0) is 15.4. The summed E-state index contributed by atoms with van der Waals surface area (Å²) in [6, 6.07) is 7.54. The van der Waals surface area contributed by atoms with E-state index in [1.54, 1.807) is 6.07 Å². The second kappa shape index (κ2) is 6.56. The highest BCUT2D eigenvalue weighted by molar-refractivity contribution is 6.59. The first-order valence-electron chi connectivity index (χ1n) is 6.12. The van der Waals surface area contributed by atoms with Crippen molar-refractivity contribution in [1.29, 1.82) is 0 Å². The monoisotopic (exact) mass is 294 g/mol. The van der Waals surface area contributed by atoms with Crippen LogP contribution in [0.15, 0.2) is 36.4 Å². The van der Waals surface area contributed by atoms with Gasteiger partial charge in [-0.05, 0) is 23.8 Å². The summed E-state index contributed by atoms with van der Waals surface area (Å²) in [5, 5.41) is 18.5. The summed E-state index contributed by atoms with van der Waals surface area (Å²) in [6.45, 7) is -0.0515. The molecule has 0 aliphatic heterocycles. The fourth-order valence-corrected chi connectivity index (χ4v) is 1.82. The Morgan fingerprint density at radius 2 is 1.81 bits per heavy atom. The maximum Gasteiger partial charge on any atom is 0.492 e. The Balaban J connectivity index is 2.16. The number of halogens is 2. The van der Waals surface area contributed by atoms with E-state index in [2.05, 4.69) is 0 Å². The highest BCUT2D eigenvalue weighted by atomic mass is 19.1. The van der Waals surface area contributed by atoms with Crippen LogP contribution in [0.2, 0.25) is 0 Å². The van der Waals surface area contributed by atoms with Crippen LogP contribution in [0.25, 0.3) is 0 Å². The van der Waals surface area contributed by atoms with E-state index < -0.39 is 18.8 Å². The van der Waals surface area contributed by atoms with Gasteiger partial charge in [0.1, 0.15) is 18.2 Å². The summed E-state index contributed by atoms with van der Waals surface area (Å²) in [4.78, 5) is 0. The second-order valence-electron chi connectivity index (χ2n) is 4.31. The smallest absolute Gasteiger partial charge is 0.492 e. The number of hydrogen-bond donors (Lipinski definition) is 2. The number of ether oxygens (including phenoxy) is 2. The van der Waals surface area contributed by atoms with Crippen LogP contribution in [0.1, 0.15) is 5.56 Å².